The van der Waals surface area contributed by atoms with Crippen LogP contribution in [0.1, 0.15) is 13.3 Å². The standard InChI is InChI=1S/C19H21NO5S/c1-2-24-16-7-9-18(10-8-16)25-17-5-3-15(4-6-17)20-19(21)14-11-12-26(22,23)13-14/h3-10,14H,2,11-13H2,1H3,(H,20,21)/t14-/m0/s1. The van der Waals surface area contributed by atoms with Crippen molar-refractivity contribution in [3.8, 4) is 17.2 Å². The van der Waals surface area contributed by atoms with Crippen LogP contribution in [0.4, 0.5) is 5.69 Å². The minimum atomic E-state index is -3.07. The molecule has 0 aromatic heterocycles. The zero-order chi connectivity index (χ0) is 18.6. The van der Waals surface area contributed by atoms with Gasteiger partial charge in [0.2, 0.25) is 5.91 Å². The van der Waals surface area contributed by atoms with Gasteiger partial charge >= 0.3 is 0 Å². The number of sulfone groups is 1. The van der Waals surface area contributed by atoms with Crippen LogP contribution in [0, 0.1) is 5.92 Å². The lowest BCUT2D eigenvalue weighted by atomic mass is 10.1. The summed E-state index contributed by atoms with van der Waals surface area (Å²) >= 11 is 0. The highest BCUT2D eigenvalue weighted by Crippen LogP contribution is 2.26. The average molecular weight is 375 g/mol. The molecular weight excluding hydrogens is 354 g/mol. The molecule has 6 nitrogen and oxygen atoms in total. The third-order valence-corrected chi connectivity index (χ3v) is 5.86. The van der Waals surface area contributed by atoms with E-state index in [0.717, 1.165) is 5.75 Å². The number of amides is 1. The van der Waals surface area contributed by atoms with Gasteiger partial charge in [0.15, 0.2) is 9.84 Å². The van der Waals surface area contributed by atoms with Crippen molar-refractivity contribution in [2.24, 2.45) is 5.92 Å². The Morgan fingerprint density at radius 2 is 1.62 bits per heavy atom. The Labute approximate surface area is 153 Å². The molecule has 0 aliphatic carbocycles. The molecule has 2 aromatic carbocycles. The van der Waals surface area contributed by atoms with Crippen LogP contribution in [0.2, 0.25) is 0 Å². The molecule has 0 unspecified atom stereocenters. The molecule has 2 aromatic rings. The molecule has 7 heteroatoms. The zero-order valence-electron chi connectivity index (χ0n) is 14.5. The van der Waals surface area contributed by atoms with Gasteiger partial charge in [-0.05, 0) is 61.9 Å². The predicted octanol–water partition coefficient (Wildman–Crippen LogP) is 3.25. The van der Waals surface area contributed by atoms with Crippen molar-refractivity contribution in [3.05, 3.63) is 48.5 Å². The van der Waals surface area contributed by atoms with E-state index in [1.807, 2.05) is 31.2 Å². The second-order valence-electron chi connectivity index (χ2n) is 6.12. The van der Waals surface area contributed by atoms with Crippen LogP contribution in [-0.4, -0.2) is 32.4 Å². The zero-order valence-corrected chi connectivity index (χ0v) is 15.3. The van der Waals surface area contributed by atoms with E-state index in [0.29, 0.717) is 30.2 Å². The molecule has 0 radical (unpaired) electrons. The lowest BCUT2D eigenvalue weighted by Crippen LogP contribution is -2.23. The summed E-state index contributed by atoms with van der Waals surface area (Å²) in [6.45, 7) is 2.54. The first kappa shape index (κ1) is 18.3. The van der Waals surface area contributed by atoms with Crippen LogP contribution in [0.3, 0.4) is 0 Å². The van der Waals surface area contributed by atoms with E-state index in [1.165, 1.54) is 0 Å². The summed E-state index contributed by atoms with van der Waals surface area (Å²) < 4.78 is 34.1. The Kier molecular flexibility index (Phi) is 5.46. The van der Waals surface area contributed by atoms with Gasteiger partial charge in [-0.2, -0.15) is 0 Å². The second kappa shape index (κ2) is 7.78. The van der Waals surface area contributed by atoms with Crippen LogP contribution < -0.4 is 14.8 Å². The number of nitrogens with one attached hydrogen (secondary N) is 1. The van der Waals surface area contributed by atoms with Crippen molar-refractivity contribution in [3.63, 3.8) is 0 Å². The lowest BCUT2D eigenvalue weighted by molar-refractivity contribution is -0.119. The summed E-state index contributed by atoms with van der Waals surface area (Å²) in [5, 5.41) is 2.76. The summed E-state index contributed by atoms with van der Waals surface area (Å²) in [7, 11) is -3.07. The fourth-order valence-electron chi connectivity index (χ4n) is 2.76. The molecule has 1 saturated heterocycles. The van der Waals surface area contributed by atoms with E-state index in [2.05, 4.69) is 5.32 Å². The number of carbonyl (C=O) groups is 1. The Hall–Kier alpha value is -2.54. The first-order valence-electron chi connectivity index (χ1n) is 8.47. The van der Waals surface area contributed by atoms with Crippen LogP contribution >= 0.6 is 0 Å². The van der Waals surface area contributed by atoms with E-state index in [-0.39, 0.29) is 17.4 Å². The van der Waals surface area contributed by atoms with Crippen molar-refractivity contribution < 1.29 is 22.7 Å². The van der Waals surface area contributed by atoms with Gasteiger partial charge in [0, 0.05) is 5.69 Å². The monoisotopic (exact) mass is 375 g/mol. The average Bonchev–Trinajstić information content (AvgIpc) is 2.99. The van der Waals surface area contributed by atoms with Crippen LogP contribution in [0.15, 0.2) is 48.5 Å². The molecule has 1 fully saturated rings. The van der Waals surface area contributed by atoms with E-state index < -0.39 is 15.8 Å². The van der Waals surface area contributed by atoms with E-state index in [4.69, 9.17) is 9.47 Å². The van der Waals surface area contributed by atoms with Crippen molar-refractivity contribution in [1.82, 2.24) is 0 Å². The molecule has 0 spiro atoms. The fourth-order valence-corrected chi connectivity index (χ4v) is 4.50. The van der Waals surface area contributed by atoms with Gasteiger partial charge < -0.3 is 14.8 Å². The third kappa shape index (κ3) is 4.76. The van der Waals surface area contributed by atoms with E-state index in [9.17, 15) is 13.2 Å². The Morgan fingerprint density at radius 1 is 1.04 bits per heavy atom. The Balaban J connectivity index is 1.57. The minimum Gasteiger partial charge on any atom is -0.494 e. The van der Waals surface area contributed by atoms with Crippen molar-refractivity contribution >= 4 is 21.4 Å². The number of rotatable bonds is 6. The van der Waals surface area contributed by atoms with Crippen molar-refractivity contribution in [2.45, 2.75) is 13.3 Å². The van der Waals surface area contributed by atoms with Gasteiger partial charge in [-0.15, -0.1) is 0 Å². The van der Waals surface area contributed by atoms with Crippen molar-refractivity contribution in [2.75, 3.05) is 23.4 Å². The molecule has 0 bridgehead atoms. The van der Waals surface area contributed by atoms with E-state index >= 15 is 0 Å². The highest BCUT2D eigenvalue weighted by molar-refractivity contribution is 7.91. The molecular formula is C19H21NO5S. The van der Waals surface area contributed by atoms with E-state index in [1.54, 1.807) is 24.3 Å². The molecule has 26 heavy (non-hydrogen) atoms. The van der Waals surface area contributed by atoms with Gasteiger partial charge in [0.25, 0.3) is 0 Å². The van der Waals surface area contributed by atoms with Gasteiger partial charge in [-0.25, -0.2) is 8.42 Å². The van der Waals surface area contributed by atoms with Gasteiger partial charge in [0.1, 0.15) is 17.2 Å². The summed E-state index contributed by atoms with van der Waals surface area (Å²) in [6.07, 6.45) is 0.382. The number of ether oxygens (including phenoxy) is 2. The molecule has 1 amide bonds. The highest BCUT2D eigenvalue weighted by atomic mass is 32.2. The SMILES string of the molecule is CCOc1ccc(Oc2ccc(NC(=O)[C@H]3CCS(=O)(=O)C3)cc2)cc1. The maximum absolute atomic E-state index is 12.1. The highest BCUT2D eigenvalue weighted by Gasteiger charge is 2.32. The molecule has 1 heterocycles. The molecule has 1 N–H and O–H groups in total. The number of carbonyl (C=O) groups excluding carboxylic acids is 1. The second-order valence-corrected chi connectivity index (χ2v) is 8.35. The first-order valence-corrected chi connectivity index (χ1v) is 10.3. The maximum Gasteiger partial charge on any atom is 0.228 e. The summed E-state index contributed by atoms with van der Waals surface area (Å²) in [5.41, 5.74) is 0.610. The van der Waals surface area contributed by atoms with Gasteiger partial charge in [0.05, 0.1) is 24.0 Å². The normalized spacial score (nSPS) is 18.3. The summed E-state index contributed by atoms with van der Waals surface area (Å²) in [6, 6.07) is 14.3. The molecule has 1 atom stereocenters. The quantitative estimate of drug-likeness (QED) is 0.838. The van der Waals surface area contributed by atoms with Crippen LogP contribution in [0.5, 0.6) is 17.2 Å². The number of hydrogen-bond donors (Lipinski definition) is 1. The van der Waals surface area contributed by atoms with Crippen molar-refractivity contribution in [1.29, 1.82) is 0 Å². The molecule has 3 rings (SSSR count). The summed E-state index contributed by atoms with van der Waals surface area (Å²) in [4.78, 5) is 12.1. The molecule has 1 aliphatic heterocycles. The third-order valence-electron chi connectivity index (χ3n) is 4.10. The Bertz CT molecular complexity index is 860. The smallest absolute Gasteiger partial charge is 0.228 e. The number of benzene rings is 2. The number of hydrogen-bond acceptors (Lipinski definition) is 5. The molecule has 138 valence electrons. The minimum absolute atomic E-state index is 0.0717. The fraction of sp³-hybridized carbons (Fsp3) is 0.316. The predicted molar refractivity (Wildman–Crippen MR) is 99.5 cm³/mol. The largest absolute Gasteiger partial charge is 0.494 e. The lowest BCUT2D eigenvalue weighted by Gasteiger charge is -2.11. The molecule has 0 saturated carbocycles. The van der Waals surface area contributed by atoms with Crippen LogP contribution in [-0.2, 0) is 14.6 Å². The number of anilines is 1. The first-order chi connectivity index (χ1) is 12.4. The van der Waals surface area contributed by atoms with Gasteiger partial charge in [-0.1, -0.05) is 0 Å². The van der Waals surface area contributed by atoms with Gasteiger partial charge in [-0.3, -0.25) is 4.79 Å². The maximum atomic E-state index is 12.1. The Morgan fingerprint density at radius 3 is 2.15 bits per heavy atom. The van der Waals surface area contributed by atoms with Crippen LogP contribution in [0.25, 0.3) is 0 Å². The topological polar surface area (TPSA) is 81.7 Å². The summed E-state index contributed by atoms with van der Waals surface area (Å²) in [5.74, 6) is 1.38. The molecule has 1 aliphatic rings.